The van der Waals surface area contributed by atoms with Crippen molar-refractivity contribution in [1.29, 1.82) is 0 Å². The average Bonchev–Trinajstić information content (AvgIpc) is 2.91. The van der Waals surface area contributed by atoms with Gasteiger partial charge in [-0.15, -0.1) is 0 Å². The van der Waals surface area contributed by atoms with E-state index in [1.165, 1.54) is 6.07 Å². The van der Waals surface area contributed by atoms with Gasteiger partial charge in [-0.1, -0.05) is 12.1 Å². The highest BCUT2D eigenvalue weighted by Crippen LogP contribution is 2.32. The van der Waals surface area contributed by atoms with Gasteiger partial charge in [-0.05, 0) is 44.5 Å². The molecule has 7 heteroatoms. The minimum absolute atomic E-state index is 0.0210. The van der Waals surface area contributed by atoms with E-state index in [4.69, 9.17) is 0 Å². The van der Waals surface area contributed by atoms with E-state index in [1.807, 2.05) is 4.90 Å². The van der Waals surface area contributed by atoms with Crippen molar-refractivity contribution in [2.75, 3.05) is 32.0 Å². The number of likely N-dealkylation sites (N-methyl/N-ethyl adjacent to an activating group) is 1. The Morgan fingerprint density at radius 3 is 2.83 bits per heavy atom. The van der Waals surface area contributed by atoms with Crippen LogP contribution < -0.4 is 10.1 Å². The van der Waals surface area contributed by atoms with Crippen LogP contribution in [0.5, 0.6) is 5.75 Å². The smallest absolute Gasteiger partial charge is 0.387 e. The maximum absolute atomic E-state index is 12.6. The molecule has 2 atom stereocenters. The number of benzene rings is 1. The molecule has 0 radical (unpaired) electrons. The number of amides is 2. The Labute approximate surface area is 134 Å². The second kappa shape index (κ2) is 6.70. The number of ether oxygens (including phenoxy) is 1. The fraction of sp³-hybridized carbons (Fsp3) is 0.562. The summed E-state index contributed by atoms with van der Waals surface area (Å²) in [6.07, 6.45) is 2.09. The zero-order chi connectivity index (χ0) is 16.4. The summed E-state index contributed by atoms with van der Waals surface area (Å²) >= 11 is 0. The summed E-state index contributed by atoms with van der Waals surface area (Å²) in [7, 11) is 2.05. The number of anilines is 1. The van der Waals surface area contributed by atoms with Crippen LogP contribution in [0.2, 0.25) is 0 Å². The third kappa shape index (κ3) is 3.55. The molecule has 0 bridgehead atoms. The highest BCUT2D eigenvalue weighted by atomic mass is 19.3. The SMILES string of the molecule is CN1CCC2CCN(C(=O)Nc3ccccc3OC(F)F)C2C1. The summed E-state index contributed by atoms with van der Waals surface area (Å²) in [5.74, 6) is 0.511. The van der Waals surface area contributed by atoms with Gasteiger partial charge in [0.2, 0.25) is 0 Å². The van der Waals surface area contributed by atoms with E-state index in [2.05, 4.69) is 22.0 Å². The van der Waals surface area contributed by atoms with E-state index in [-0.39, 0.29) is 23.5 Å². The maximum atomic E-state index is 12.6. The van der Waals surface area contributed by atoms with Crippen molar-refractivity contribution in [2.45, 2.75) is 25.5 Å². The molecule has 1 N–H and O–H groups in total. The highest BCUT2D eigenvalue weighted by molar-refractivity contribution is 5.91. The molecule has 0 saturated carbocycles. The average molecular weight is 325 g/mol. The van der Waals surface area contributed by atoms with Gasteiger partial charge in [0.1, 0.15) is 5.75 Å². The standard InChI is InChI=1S/C16H21F2N3O2/c1-20-8-6-11-7-9-21(13(11)10-20)16(22)19-12-4-2-3-5-14(12)23-15(17)18/h2-5,11,13,15H,6-10H2,1H3,(H,19,22). The van der Waals surface area contributed by atoms with Gasteiger partial charge >= 0.3 is 12.6 Å². The fourth-order valence-corrected chi connectivity index (χ4v) is 3.51. The first kappa shape index (κ1) is 16.0. The van der Waals surface area contributed by atoms with E-state index in [0.29, 0.717) is 12.5 Å². The molecule has 2 saturated heterocycles. The van der Waals surface area contributed by atoms with E-state index in [9.17, 15) is 13.6 Å². The monoisotopic (exact) mass is 325 g/mol. The largest absolute Gasteiger partial charge is 0.433 e. The number of rotatable bonds is 3. The van der Waals surface area contributed by atoms with Crippen LogP contribution >= 0.6 is 0 Å². The van der Waals surface area contributed by atoms with Crippen LogP contribution in [0.3, 0.4) is 0 Å². The quantitative estimate of drug-likeness (QED) is 0.929. The highest BCUT2D eigenvalue weighted by Gasteiger charge is 2.39. The summed E-state index contributed by atoms with van der Waals surface area (Å²) in [4.78, 5) is 16.6. The van der Waals surface area contributed by atoms with Crippen LogP contribution in [-0.4, -0.2) is 55.2 Å². The number of nitrogens with one attached hydrogen (secondary N) is 1. The van der Waals surface area contributed by atoms with Crippen molar-refractivity contribution < 1.29 is 18.3 Å². The molecule has 23 heavy (non-hydrogen) atoms. The molecule has 2 unspecified atom stereocenters. The number of fused-ring (bicyclic) bond motifs is 1. The predicted octanol–water partition coefficient (Wildman–Crippen LogP) is 2.85. The lowest BCUT2D eigenvalue weighted by atomic mass is 9.92. The number of hydrogen-bond donors (Lipinski definition) is 1. The molecule has 5 nitrogen and oxygen atoms in total. The Bertz CT molecular complexity index is 570. The Morgan fingerprint density at radius 2 is 2.04 bits per heavy atom. The third-order valence-electron chi connectivity index (χ3n) is 4.67. The number of hydrogen-bond acceptors (Lipinski definition) is 3. The topological polar surface area (TPSA) is 44.8 Å². The van der Waals surface area contributed by atoms with E-state index >= 15 is 0 Å². The molecule has 0 aliphatic carbocycles. The van der Waals surface area contributed by atoms with Gasteiger partial charge in [0, 0.05) is 19.1 Å². The lowest BCUT2D eigenvalue weighted by Gasteiger charge is -2.36. The van der Waals surface area contributed by atoms with E-state index < -0.39 is 6.61 Å². The number of carbonyl (C=O) groups excluding carboxylic acids is 1. The first-order valence-electron chi connectivity index (χ1n) is 7.84. The van der Waals surface area contributed by atoms with E-state index in [1.54, 1.807) is 18.2 Å². The Hall–Kier alpha value is -1.89. The van der Waals surface area contributed by atoms with Crippen LogP contribution in [-0.2, 0) is 0 Å². The molecule has 2 heterocycles. The first-order chi connectivity index (χ1) is 11.0. The van der Waals surface area contributed by atoms with Crippen molar-refractivity contribution >= 4 is 11.7 Å². The number of halogens is 2. The number of para-hydroxylation sites is 2. The fourth-order valence-electron chi connectivity index (χ4n) is 3.51. The van der Waals surface area contributed by atoms with Gasteiger partial charge < -0.3 is 19.9 Å². The van der Waals surface area contributed by atoms with Gasteiger partial charge in [0.05, 0.1) is 5.69 Å². The van der Waals surface area contributed by atoms with Gasteiger partial charge in [0.25, 0.3) is 0 Å². The molecule has 1 aromatic carbocycles. The molecular formula is C16H21F2N3O2. The molecule has 2 aliphatic heterocycles. The van der Waals surface area contributed by atoms with Crippen LogP contribution in [0.25, 0.3) is 0 Å². The second-order valence-electron chi connectivity index (χ2n) is 6.17. The number of alkyl halides is 2. The molecule has 0 spiro atoms. The zero-order valence-electron chi connectivity index (χ0n) is 13.0. The van der Waals surface area contributed by atoms with Gasteiger partial charge in [-0.2, -0.15) is 8.78 Å². The summed E-state index contributed by atoms with van der Waals surface area (Å²) in [5.41, 5.74) is 0.269. The number of nitrogens with zero attached hydrogens (tertiary/aromatic N) is 2. The lowest BCUT2D eigenvalue weighted by molar-refractivity contribution is -0.0493. The van der Waals surface area contributed by atoms with Crippen molar-refractivity contribution in [3.8, 4) is 5.75 Å². The summed E-state index contributed by atoms with van der Waals surface area (Å²) < 4.78 is 29.4. The lowest BCUT2D eigenvalue weighted by Crippen LogP contribution is -2.49. The molecule has 126 valence electrons. The number of likely N-dealkylation sites (tertiary alicyclic amines) is 2. The maximum Gasteiger partial charge on any atom is 0.387 e. The summed E-state index contributed by atoms with van der Waals surface area (Å²) in [6.45, 7) is -0.307. The van der Waals surface area contributed by atoms with Crippen molar-refractivity contribution in [3.05, 3.63) is 24.3 Å². The number of urea groups is 1. The van der Waals surface area contributed by atoms with Gasteiger partial charge in [-0.3, -0.25) is 0 Å². The normalized spacial score (nSPS) is 24.6. The molecule has 0 aromatic heterocycles. The minimum atomic E-state index is -2.92. The van der Waals surface area contributed by atoms with Crippen LogP contribution in [0.4, 0.5) is 19.3 Å². The third-order valence-corrected chi connectivity index (χ3v) is 4.67. The minimum Gasteiger partial charge on any atom is -0.433 e. The summed E-state index contributed by atoms with van der Waals surface area (Å²) in [6, 6.07) is 6.19. The van der Waals surface area contributed by atoms with Crippen LogP contribution in [0.15, 0.2) is 24.3 Å². The Kier molecular flexibility index (Phi) is 4.66. The van der Waals surface area contributed by atoms with Gasteiger partial charge in [-0.25, -0.2) is 4.79 Å². The second-order valence-corrected chi connectivity index (χ2v) is 6.17. The zero-order valence-corrected chi connectivity index (χ0v) is 13.0. The molecule has 2 amide bonds. The molecule has 2 fully saturated rings. The molecule has 3 rings (SSSR count). The van der Waals surface area contributed by atoms with Crippen LogP contribution in [0.1, 0.15) is 12.8 Å². The Morgan fingerprint density at radius 1 is 1.30 bits per heavy atom. The van der Waals surface area contributed by atoms with Crippen molar-refractivity contribution in [3.63, 3.8) is 0 Å². The predicted molar refractivity (Wildman–Crippen MR) is 82.8 cm³/mol. The van der Waals surface area contributed by atoms with Crippen molar-refractivity contribution in [1.82, 2.24) is 9.80 Å². The Balaban J connectivity index is 1.70. The number of carbonyl (C=O) groups is 1. The number of piperidine rings is 1. The van der Waals surface area contributed by atoms with Crippen molar-refractivity contribution in [2.24, 2.45) is 5.92 Å². The molecule has 2 aliphatic rings. The van der Waals surface area contributed by atoms with Crippen LogP contribution in [0, 0.1) is 5.92 Å². The summed E-state index contributed by atoms with van der Waals surface area (Å²) in [5, 5.41) is 2.72. The van der Waals surface area contributed by atoms with E-state index in [0.717, 1.165) is 25.9 Å². The first-order valence-corrected chi connectivity index (χ1v) is 7.84. The molecule has 1 aromatic rings. The molecular weight excluding hydrogens is 304 g/mol. The van der Waals surface area contributed by atoms with Gasteiger partial charge in [0.15, 0.2) is 0 Å².